The molecule has 1 saturated carbocycles. The Balaban J connectivity index is 1.41. The zero-order valence-electron chi connectivity index (χ0n) is 14.3. The molecule has 3 amide bonds. The number of hydrogen-bond donors (Lipinski definition) is 1. The largest absolute Gasteiger partial charge is 0.361 e. The topological polar surface area (TPSA) is 78.7 Å². The summed E-state index contributed by atoms with van der Waals surface area (Å²) in [6.45, 7) is 6.46. The lowest BCUT2D eigenvalue weighted by atomic mass is 9.86. The second kappa shape index (κ2) is 5.50. The number of nitrogens with zero attached hydrogens (tertiary/aromatic N) is 3. The lowest BCUT2D eigenvalue weighted by Gasteiger charge is -2.24. The monoisotopic (exact) mass is 332 g/mol. The maximum absolute atomic E-state index is 12.5. The molecule has 0 aromatic carbocycles. The Morgan fingerprint density at radius 1 is 1.38 bits per heavy atom. The molecule has 1 aromatic rings. The molecule has 3 heterocycles. The third kappa shape index (κ3) is 2.76. The zero-order chi connectivity index (χ0) is 16.9. The quantitative estimate of drug-likeness (QED) is 0.912. The van der Waals surface area contributed by atoms with Crippen molar-refractivity contribution in [2.24, 2.45) is 5.41 Å². The van der Waals surface area contributed by atoms with Crippen LogP contribution in [0.5, 0.6) is 0 Å². The smallest absolute Gasteiger partial charge is 0.317 e. The molecule has 3 aliphatic rings. The van der Waals surface area contributed by atoms with E-state index >= 15 is 0 Å². The molecule has 24 heavy (non-hydrogen) atoms. The second-order valence-electron chi connectivity index (χ2n) is 7.62. The van der Waals surface area contributed by atoms with E-state index < -0.39 is 0 Å². The van der Waals surface area contributed by atoms with E-state index in [1.807, 2.05) is 23.6 Å². The minimum Gasteiger partial charge on any atom is -0.361 e. The van der Waals surface area contributed by atoms with Crippen LogP contribution in [0.2, 0.25) is 0 Å². The number of aryl methyl sites for hydroxylation is 2. The summed E-state index contributed by atoms with van der Waals surface area (Å²) in [5.41, 5.74) is 1.76. The molecule has 1 aromatic heterocycles. The average molecular weight is 332 g/mol. The molecule has 130 valence electrons. The highest BCUT2D eigenvalue weighted by Gasteiger charge is 2.48. The van der Waals surface area contributed by atoms with Crippen LogP contribution in [0.25, 0.3) is 0 Å². The minimum absolute atomic E-state index is 0.0333. The van der Waals surface area contributed by atoms with E-state index in [-0.39, 0.29) is 17.4 Å². The van der Waals surface area contributed by atoms with Crippen molar-refractivity contribution < 1.29 is 14.1 Å². The van der Waals surface area contributed by atoms with Gasteiger partial charge in [0, 0.05) is 43.1 Å². The number of urea groups is 1. The molecule has 2 saturated heterocycles. The highest BCUT2D eigenvalue weighted by Crippen LogP contribution is 2.41. The summed E-state index contributed by atoms with van der Waals surface area (Å²) in [5, 5.41) is 7.01. The van der Waals surface area contributed by atoms with Crippen LogP contribution in [0.15, 0.2) is 4.52 Å². The normalized spacial score (nSPS) is 26.7. The molecule has 4 rings (SSSR count). The molecule has 0 bridgehead atoms. The molecular weight excluding hydrogens is 308 g/mol. The fourth-order valence-corrected chi connectivity index (χ4v) is 3.92. The van der Waals surface area contributed by atoms with Crippen LogP contribution < -0.4 is 5.32 Å². The van der Waals surface area contributed by atoms with Gasteiger partial charge in [-0.25, -0.2) is 4.79 Å². The highest BCUT2D eigenvalue weighted by atomic mass is 16.5. The van der Waals surface area contributed by atoms with Crippen LogP contribution in [0.4, 0.5) is 4.79 Å². The number of hydrogen-bond acceptors (Lipinski definition) is 4. The molecule has 2 aliphatic heterocycles. The summed E-state index contributed by atoms with van der Waals surface area (Å²) in [6, 6.07) is 0.404. The number of carbonyl (C=O) groups excluding carboxylic acids is 2. The summed E-state index contributed by atoms with van der Waals surface area (Å²) in [6.07, 6.45) is 3.61. The Kier molecular flexibility index (Phi) is 3.54. The second-order valence-corrected chi connectivity index (χ2v) is 7.62. The first-order chi connectivity index (χ1) is 11.5. The third-order valence-corrected chi connectivity index (χ3v) is 5.57. The number of aromatic nitrogens is 1. The van der Waals surface area contributed by atoms with E-state index in [1.54, 1.807) is 0 Å². The van der Waals surface area contributed by atoms with E-state index in [0.29, 0.717) is 32.1 Å². The van der Waals surface area contributed by atoms with Gasteiger partial charge in [0.2, 0.25) is 5.91 Å². The van der Waals surface area contributed by atoms with Crippen molar-refractivity contribution in [3.05, 3.63) is 17.0 Å². The van der Waals surface area contributed by atoms with Gasteiger partial charge in [0.05, 0.1) is 12.2 Å². The fraction of sp³-hybridized carbons (Fsp3) is 0.706. The Morgan fingerprint density at radius 3 is 2.83 bits per heavy atom. The number of carbonyl (C=O) groups is 2. The minimum atomic E-state index is -0.0864. The van der Waals surface area contributed by atoms with Crippen molar-refractivity contribution in [3.63, 3.8) is 0 Å². The van der Waals surface area contributed by atoms with Gasteiger partial charge in [-0.1, -0.05) is 5.16 Å². The summed E-state index contributed by atoms with van der Waals surface area (Å²) in [7, 11) is 0. The average Bonchev–Trinajstić information content (AvgIpc) is 3.06. The van der Waals surface area contributed by atoms with Gasteiger partial charge >= 0.3 is 6.03 Å². The summed E-state index contributed by atoms with van der Waals surface area (Å²) in [5.74, 6) is 0.942. The van der Waals surface area contributed by atoms with Crippen LogP contribution in [0.3, 0.4) is 0 Å². The molecule has 1 spiro atoms. The fourth-order valence-electron chi connectivity index (χ4n) is 3.92. The van der Waals surface area contributed by atoms with Crippen molar-refractivity contribution in [2.45, 2.75) is 52.1 Å². The maximum Gasteiger partial charge on any atom is 0.317 e. The summed E-state index contributed by atoms with van der Waals surface area (Å²) < 4.78 is 5.20. The number of amides is 3. The number of likely N-dealkylation sites (tertiary alicyclic amines) is 2. The molecular formula is C17H24N4O3. The standard InChI is InChI=1S/C17H24N4O3/c1-11-14(12(2)24-19-11)8-21-10-17(7-15(21)22)5-6-20(9-17)16(23)18-13-3-4-13/h13H,3-10H2,1-2H3,(H,18,23)/t17-/m1/s1. The molecule has 7 heteroatoms. The first-order valence-corrected chi connectivity index (χ1v) is 8.71. The number of rotatable bonds is 3. The predicted octanol–water partition coefficient (Wildman–Crippen LogP) is 1.59. The highest BCUT2D eigenvalue weighted by molar-refractivity contribution is 5.80. The molecule has 1 aliphatic carbocycles. The van der Waals surface area contributed by atoms with Crippen LogP contribution in [0.1, 0.15) is 42.7 Å². The van der Waals surface area contributed by atoms with E-state index in [2.05, 4.69) is 10.5 Å². The van der Waals surface area contributed by atoms with E-state index in [4.69, 9.17) is 4.52 Å². The maximum atomic E-state index is 12.5. The van der Waals surface area contributed by atoms with Gasteiger partial charge in [0.1, 0.15) is 5.76 Å². The molecule has 7 nitrogen and oxygen atoms in total. The van der Waals surface area contributed by atoms with Gasteiger partial charge in [-0.05, 0) is 33.1 Å². The van der Waals surface area contributed by atoms with Gasteiger partial charge < -0.3 is 19.6 Å². The van der Waals surface area contributed by atoms with Crippen molar-refractivity contribution >= 4 is 11.9 Å². The van der Waals surface area contributed by atoms with Gasteiger partial charge in [0.25, 0.3) is 0 Å². The van der Waals surface area contributed by atoms with Crippen LogP contribution >= 0.6 is 0 Å². The van der Waals surface area contributed by atoms with Gasteiger partial charge in [-0.15, -0.1) is 0 Å². The predicted molar refractivity (Wildman–Crippen MR) is 86.2 cm³/mol. The Morgan fingerprint density at radius 2 is 2.17 bits per heavy atom. The number of nitrogens with one attached hydrogen (secondary N) is 1. The van der Waals surface area contributed by atoms with Crippen LogP contribution in [-0.2, 0) is 11.3 Å². The van der Waals surface area contributed by atoms with Crippen LogP contribution in [-0.4, -0.2) is 52.6 Å². The van der Waals surface area contributed by atoms with Gasteiger partial charge in [-0.3, -0.25) is 4.79 Å². The molecule has 1 N–H and O–H groups in total. The van der Waals surface area contributed by atoms with Crippen molar-refractivity contribution in [1.82, 2.24) is 20.3 Å². The molecule has 0 unspecified atom stereocenters. The van der Waals surface area contributed by atoms with Gasteiger partial charge in [0.15, 0.2) is 0 Å². The van der Waals surface area contributed by atoms with Crippen molar-refractivity contribution in [2.75, 3.05) is 19.6 Å². The summed E-state index contributed by atoms with van der Waals surface area (Å²) >= 11 is 0. The van der Waals surface area contributed by atoms with Crippen molar-refractivity contribution in [3.8, 4) is 0 Å². The Hall–Kier alpha value is -2.05. The lowest BCUT2D eigenvalue weighted by molar-refractivity contribution is -0.128. The third-order valence-electron chi connectivity index (χ3n) is 5.57. The SMILES string of the molecule is Cc1noc(C)c1CN1C[C@]2(CCN(C(=O)NC3CC3)C2)CC1=O. The lowest BCUT2D eigenvalue weighted by Crippen LogP contribution is -2.41. The van der Waals surface area contributed by atoms with E-state index in [0.717, 1.165) is 42.8 Å². The summed E-state index contributed by atoms with van der Waals surface area (Å²) in [4.78, 5) is 28.5. The van der Waals surface area contributed by atoms with E-state index in [1.165, 1.54) is 0 Å². The van der Waals surface area contributed by atoms with Crippen molar-refractivity contribution in [1.29, 1.82) is 0 Å². The zero-order valence-corrected chi connectivity index (χ0v) is 14.3. The van der Waals surface area contributed by atoms with Crippen LogP contribution in [0, 0.1) is 19.3 Å². The molecule has 0 radical (unpaired) electrons. The first-order valence-electron chi connectivity index (χ1n) is 8.71. The van der Waals surface area contributed by atoms with E-state index in [9.17, 15) is 9.59 Å². The Bertz CT molecular complexity index is 662. The molecule has 3 fully saturated rings. The molecule has 1 atom stereocenters. The van der Waals surface area contributed by atoms with Gasteiger partial charge in [-0.2, -0.15) is 0 Å². The first kappa shape index (κ1) is 15.5. The Labute approximate surface area is 141 Å².